The van der Waals surface area contributed by atoms with Gasteiger partial charge in [0.05, 0.1) is 48.6 Å². The first-order valence-corrected chi connectivity index (χ1v) is 34.5. The number of carbonyl (C=O) groups is 6. The van der Waals surface area contributed by atoms with Gasteiger partial charge in [-0.3, -0.25) is 38.4 Å². The Morgan fingerprint density at radius 3 is 0.992 bits per heavy atom. The molecule has 52 heteroatoms. The van der Waals surface area contributed by atoms with E-state index in [1.165, 1.54) is 74.6 Å². The van der Waals surface area contributed by atoms with Crippen LogP contribution in [0.2, 0.25) is 0 Å². The number of esters is 2. The third-order valence-corrected chi connectivity index (χ3v) is 15.1. The molecule has 656 valence electrons. The van der Waals surface area contributed by atoms with Gasteiger partial charge in [-0.1, -0.05) is 72.4 Å². The van der Waals surface area contributed by atoms with Crippen molar-refractivity contribution in [1.29, 1.82) is 21.0 Å². The SMILES string of the molecule is C.C.CC#N.CC#N.CC1=CC(=Cc2c(N)n3nc(C(F)(F)F)sc3nc2=O)C=CC1=O.CC1=CC(=Cc2c(N)n3nc(C(F)(F)F)sc3nc2=O)C=CC1=O.CCOC(=O)CC#N.CCOC(=O)CC#N.CO.CO.C[O-].C[O-].Cc1cc(C=O)ccc1O.Cc1cc(C=O)ccc1O.Nc1nnc(C(F)(F)F)s1.Nc1nnc(C(F)(F)F)s1.[Na+].[Na+]. The topological polar surface area (TPSA) is 593 Å². The molecule has 2 aliphatic rings. The number of aldehydes is 2. The van der Waals surface area contributed by atoms with E-state index in [9.17, 15) is 91.0 Å². The number of aromatic hydroxyl groups is 2. The number of phenols is 2. The minimum Gasteiger partial charge on any atom is -0.857 e. The van der Waals surface area contributed by atoms with E-state index in [1.54, 1.807) is 90.1 Å². The van der Waals surface area contributed by atoms with Gasteiger partial charge in [0.2, 0.25) is 40.2 Å². The number of carbonyl (C=O) groups excluding carboxylic acids is 6. The Morgan fingerprint density at radius 2 is 0.787 bits per heavy atom. The fourth-order valence-electron chi connectivity index (χ4n) is 6.88. The smallest absolute Gasteiger partial charge is 0.857 e. The van der Waals surface area contributed by atoms with E-state index in [2.05, 4.69) is 50.0 Å². The van der Waals surface area contributed by atoms with E-state index in [-0.39, 0.29) is 175 Å². The molecule has 0 amide bonds. The van der Waals surface area contributed by atoms with Crippen LogP contribution in [0.4, 0.5) is 74.6 Å². The van der Waals surface area contributed by atoms with Crippen LogP contribution in [0.1, 0.15) is 132 Å². The largest absolute Gasteiger partial charge is 1.00 e. The van der Waals surface area contributed by atoms with Crippen molar-refractivity contribution in [1.82, 2.24) is 49.6 Å². The number of nitriles is 4. The standard InChI is InChI=1S/2C14H9F3N4O2S.2C8H8O2.2C5H7NO2.2C3H2F3N3S.2C2H3N.2CH4O.2CH3O.2CH4.2Na/c2*1-6-4-7(2-3-9(6)22)5-8-10(18)21-13(19-11(8)23)24-12(20-21)14(15,16)17;2*1-6-4-7(5-9)2-3-8(6)10;2*1-2-8-5(7)3-4-6;2*4-3(5,6)1-8-9-2(7)10-1;2*1-2-3;4*1-2;;;;/h2*2-5H,18H2,1H3;2*2-5,10H,1H3;2*2-3H2,1H3;2*(H2,7,9);2*1H3;2*2H,1H3;2*1H3;2*1H4;;/q;;;;;;;;;;;;2*-1;;;2*+1. The molecule has 6 aromatic heterocycles. The Kier molecular flexibility index (Phi) is 68.1. The van der Waals surface area contributed by atoms with Crippen LogP contribution in [-0.4, -0.2) is 148 Å². The van der Waals surface area contributed by atoms with Crippen molar-refractivity contribution in [2.75, 3.05) is 64.6 Å². The van der Waals surface area contributed by atoms with E-state index in [1.807, 2.05) is 0 Å². The number of ether oxygens (including phenoxy) is 2. The molecule has 8 aromatic rings. The van der Waals surface area contributed by atoms with Crippen molar-refractivity contribution in [2.45, 2.75) is 108 Å². The van der Waals surface area contributed by atoms with Crippen molar-refractivity contribution in [3.05, 3.63) is 169 Å². The number of nitrogens with zero attached hydrogens (tertiary/aromatic N) is 14. The number of nitrogen functional groups attached to an aromatic ring is 4. The van der Waals surface area contributed by atoms with Gasteiger partial charge >= 0.3 is 95.8 Å². The molecule has 2 aromatic carbocycles. The number of fused-ring (bicyclic) bond motifs is 2. The zero-order valence-electron chi connectivity index (χ0n) is 65.5. The van der Waals surface area contributed by atoms with Crippen molar-refractivity contribution >= 4 is 125 Å². The van der Waals surface area contributed by atoms with E-state index >= 15 is 0 Å². The van der Waals surface area contributed by atoms with Gasteiger partial charge in [-0.15, -0.1) is 30.6 Å². The molecule has 0 saturated heterocycles. The molecule has 12 N–H and O–H groups in total. The minimum absolute atomic E-state index is 0. The minimum atomic E-state index is -4.65. The fraction of sp³-hybridized carbons (Fsp3) is 0.314. The number of rotatable bonds is 8. The number of hydrogen-bond donors (Lipinski definition) is 8. The average molecular weight is 1830 g/mol. The number of benzene rings is 2. The Morgan fingerprint density at radius 1 is 0.508 bits per heavy atom. The average Bonchev–Trinajstić information content (AvgIpc) is 1.62. The van der Waals surface area contributed by atoms with Crippen LogP contribution in [0, 0.1) is 59.2 Å². The molecule has 0 spiro atoms. The van der Waals surface area contributed by atoms with Gasteiger partial charge < -0.3 is 63.0 Å². The van der Waals surface area contributed by atoms with Gasteiger partial charge in [0, 0.05) is 39.2 Å². The molecule has 0 unspecified atom stereocenters. The van der Waals surface area contributed by atoms with Gasteiger partial charge in [-0.25, -0.2) is 0 Å². The molecule has 122 heavy (non-hydrogen) atoms. The number of aromatic nitrogens is 10. The van der Waals surface area contributed by atoms with Gasteiger partial charge in [0.25, 0.3) is 11.1 Å². The number of allylic oxidation sites excluding steroid dienone is 10. The first kappa shape index (κ1) is 127. The molecule has 0 aliphatic heterocycles. The normalized spacial score (nSPS) is 11.4. The van der Waals surface area contributed by atoms with Crippen LogP contribution >= 0.6 is 45.3 Å². The number of aliphatic hydroxyl groups is 2. The third kappa shape index (κ3) is 47.8. The quantitative estimate of drug-likeness (QED) is 0.0458. The summed E-state index contributed by atoms with van der Waals surface area (Å²) < 4.78 is 157. The van der Waals surface area contributed by atoms with E-state index in [0.29, 0.717) is 69.3 Å². The number of alkyl halides is 12. The monoisotopic (exact) mass is 1830 g/mol. The zero-order chi connectivity index (χ0) is 92.2. The van der Waals surface area contributed by atoms with Gasteiger partial charge in [0.1, 0.15) is 48.5 Å². The number of aryl methyl sites for hydroxylation is 2. The van der Waals surface area contributed by atoms with E-state index < -0.39 is 67.8 Å². The van der Waals surface area contributed by atoms with Crippen LogP contribution in [0.25, 0.3) is 22.1 Å². The number of anilines is 4. The molecular formula is C70H80F12N18Na2O16S4. The third-order valence-electron chi connectivity index (χ3n) is 11.6. The van der Waals surface area contributed by atoms with Crippen LogP contribution in [0.5, 0.6) is 11.5 Å². The molecule has 34 nitrogen and oxygen atoms in total. The Bertz CT molecular complexity index is 4800. The Labute approximate surface area is 748 Å². The summed E-state index contributed by atoms with van der Waals surface area (Å²) in [4.78, 5) is 94.4. The second-order valence-electron chi connectivity index (χ2n) is 19.9. The molecule has 0 atom stereocenters. The van der Waals surface area contributed by atoms with Gasteiger partial charge in [0.15, 0.2) is 11.6 Å². The van der Waals surface area contributed by atoms with E-state index in [4.69, 9.17) is 74.6 Å². The van der Waals surface area contributed by atoms with Crippen LogP contribution in [0.15, 0.2) is 105 Å². The number of halogens is 12. The summed E-state index contributed by atoms with van der Waals surface area (Å²) in [6, 6.07) is 16.3. The second kappa shape index (κ2) is 65.7. The van der Waals surface area contributed by atoms with Crippen molar-refractivity contribution < 1.29 is 181 Å². The molecule has 0 bridgehead atoms. The Balaban J connectivity index is -0.000000205. The second-order valence-corrected chi connectivity index (χ2v) is 23.8. The van der Waals surface area contributed by atoms with Crippen LogP contribution in [-0.2, 0) is 53.4 Å². The maximum absolute atomic E-state index is 12.7. The predicted octanol–water partition coefficient (Wildman–Crippen LogP) is 4.18. The maximum atomic E-state index is 12.7. The number of nitrogens with two attached hydrogens (primary N) is 4. The molecule has 0 fully saturated rings. The maximum Gasteiger partial charge on any atom is 1.00 e. The molecular weight excluding hydrogens is 1750 g/mol. The number of aliphatic hydroxyl groups excluding tert-OH is 2. The zero-order valence-corrected chi connectivity index (χ0v) is 72.8. The summed E-state index contributed by atoms with van der Waals surface area (Å²) in [6.45, 7) is 13.7. The summed E-state index contributed by atoms with van der Waals surface area (Å²) in [5.74, 6) is -1.28. The van der Waals surface area contributed by atoms with Gasteiger partial charge in [-0.2, -0.15) is 107 Å². The molecule has 0 radical (unpaired) electrons. The fourth-order valence-corrected chi connectivity index (χ4v) is 9.36. The van der Waals surface area contributed by atoms with Crippen LogP contribution in [0.3, 0.4) is 0 Å². The summed E-state index contributed by atoms with van der Waals surface area (Å²) in [6.07, 6.45) is -5.53. The summed E-state index contributed by atoms with van der Waals surface area (Å²) >= 11 is 1.12. The van der Waals surface area contributed by atoms with Gasteiger partial charge in [-0.05, 0) is 148 Å². The summed E-state index contributed by atoms with van der Waals surface area (Å²) in [7, 11) is 3.50. The van der Waals surface area contributed by atoms with Crippen molar-refractivity contribution in [3.63, 3.8) is 0 Å². The first-order valence-electron chi connectivity index (χ1n) is 31.2. The number of ketones is 2. The molecule has 0 saturated carbocycles. The van der Waals surface area contributed by atoms with E-state index in [0.717, 1.165) is 61.2 Å². The van der Waals surface area contributed by atoms with Crippen molar-refractivity contribution in [2.24, 2.45) is 0 Å². The van der Waals surface area contributed by atoms with Crippen molar-refractivity contribution in [3.8, 4) is 35.8 Å². The Hall–Kier alpha value is -11.1. The summed E-state index contributed by atoms with van der Waals surface area (Å²) in [5, 5.41) is 92.7. The number of phenolic OH excluding ortho intramolecular Hbond substituents is 2. The predicted molar refractivity (Wildman–Crippen MR) is 418 cm³/mol. The molecule has 2 aliphatic carbocycles. The summed E-state index contributed by atoms with van der Waals surface area (Å²) in [5.41, 5.74) is 24.3. The number of hydrogen-bond acceptors (Lipinski definition) is 36. The molecule has 6 heterocycles. The van der Waals surface area contributed by atoms with Crippen LogP contribution < -0.4 is 103 Å². The first-order chi connectivity index (χ1) is 55.2. The molecule has 10 rings (SSSR count).